The summed E-state index contributed by atoms with van der Waals surface area (Å²) in [6, 6.07) is 16.9. The van der Waals surface area contributed by atoms with E-state index in [1.807, 2.05) is 54.6 Å². The Morgan fingerprint density at radius 2 is 1.75 bits per heavy atom. The standard InChI is InChI=1S/C16H14O3.V/c1-2-16(17)18-12-13-7-6-10-15(11-13)19-14-8-4-3-5-9-14;/h2-11H,1,12H2;. The monoisotopic (exact) mass is 305 g/mol. The summed E-state index contributed by atoms with van der Waals surface area (Å²) in [4.78, 5) is 11.0. The molecule has 0 fully saturated rings. The number of hydrogen-bond donors (Lipinski definition) is 0. The largest absolute Gasteiger partial charge is 0.458 e. The Balaban J connectivity index is 0.00000200. The van der Waals surface area contributed by atoms with E-state index in [1.54, 1.807) is 0 Å². The van der Waals surface area contributed by atoms with Crippen LogP contribution in [-0.2, 0) is 34.7 Å². The van der Waals surface area contributed by atoms with Gasteiger partial charge in [-0.05, 0) is 29.8 Å². The van der Waals surface area contributed by atoms with Gasteiger partial charge in [-0.25, -0.2) is 4.79 Å². The Morgan fingerprint density at radius 1 is 1.05 bits per heavy atom. The average molecular weight is 305 g/mol. The van der Waals surface area contributed by atoms with Gasteiger partial charge in [0.15, 0.2) is 0 Å². The first kappa shape index (κ1) is 16.1. The number of para-hydroxylation sites is 1. The van der Waals surface area contributed by atoms with E-state index in [2.05, 4.69) is 6.58 Å². The topological polar surface area (TPSA) is 35.5 Å². The minimum Gasteiger partial charge on any atom is -0.458 e. The summed E-state index contributed by atoms with van der Waals surface area (Å²) in [6.45, 7) is 3.55. The fraction of sp³-hybridized carbons (Fsp3) is 0.0625. The van der Waals surface area contributed by atoms with Crippen LogP contribution in [0.5, 0.6) is 11.5 Å². The summed E-state index contributed by atoms with van der Waals surface area (Å²) in [5.41, 5.74) is 0.864. The van der Waals surface area contributed by atoms with Gasteiger partial charge in [-0.3, -0.25) is 0 Å². The normalized spacial score (nSPS) is 9.20. The summed E-state index contributed by atoms with van der Waals surface area (Å²) in [7, 11) is 0. The minimum absolute atomic E-state index is 0. The molecule has 1 radical (unpaired) electrons. The molecule has 3 nitrogen and oxygen atoms in total. The van der Waals surface area contributed by atoms with Gasteiger partial charge in [0.05, 0.1) is 0 Å². The van der Waals surface area contributed by atoms with E-state index in [0.29, 0.717) is 5.75 Å². The Kier molecular flexibility index (Phi) is 6.64. The van der Waals surface area contributed by atoms with Crippen LogP contribution < -0.4 is 4.74 Å². The maximum Gasteiger partial charge on any atom is 0.330 e. The Morgan fingerprint density at radius 3 is 2.45 bits per heavy atom. The first-order chi connectivity index (χ1) is 9.28. The van der Waals surface area contributed by atoms with Gasteiger partial charge in [0.1, 0.15) is 18.1 Å². The smallest absolute Gasteiger partial charge is 0.330 e. The Bertz CT molecular complexity index is 567. The molecule has 0 aromatic heterocycles. The fourth-order valence-electron chi connectivity index (χ4n) is 1.54. The molecule has 0 saturated heterocycles. The van der Waals surface area contributed by atoms with E-state index < -0.39 is 5.97 Å². The van der Waals surface area contributed by atoms with E-state index in [0.717, 1.165) is 17.4 Å². The van der Waals surface area contributed by atoms with Gasteiger partial charge >= 0.3 is 5.97 Å². The van der Waals surface area contributed by atoms with E-state index in [9.17, 15) is 4.79 Å². The van der Waals surface area contributed by atoms with Crippen molar-refractivity contribution in [3.8, 4) is 11.5 Å². The van der Waals surface area contributed by atoms with Crippen molar-refractivity contribution < 1.29 is 32.8 Å². The van der Waals surface area contributed by atoms with Crippen LogP contribution in [0.15, 0.2) is 67.3 Å². The molecule has 101 valence electrons. The number of benzene rings is 2. The molecule has 0 N–H and O–H groups in total. The molecule has 0 amide bonds. The second kappa shape index (κ2) is 8.25. The first-order valence-corrected chi connectivity index (χ1v) is 5.89. The second-order valence-corrected chi connectivity index (χ2v) is 3.87. The molecule has 2 aromatic carbocycles. The van der Waals surface area contributed by atoms with Crippen molar-refractivity contribution in [3.63, 3.8) is 0 Å². The molecule has 0 atom stereocenters. The van der Waals surface area contributed by atoms with Crippen molar-refractivity contribution >= 4 is 5.97 Å². The zero-order valence-electron chi connectivity index (χ0n) is 10.9. The van der Waals surface area contributed by atoms with E-state index in [4.69, 9.17) is 9.47 Å². The molecule has 0 aliphatic rings. The zero-order valence-corrected chi connectivity index (χ0v) is 12.3. The number of rotatable bonds is 5. The SMILES string of the molecule is C=CC(=O)OCc1cccc(Oc2ccccc2)c1.[V]. The summed E-state index contributed by atoms with van der Waals surface area (Å²) in [6.07, 6.45) is 1.14. The van der Waals surface area contributed by atoms with E-state index >= 15 is 0 Å². The average Bonchev–Trinajstić information content (AvgIpc) is 2.46. The molecule has 2 rings (SSSR count). The number of esters is 1. The second-order valence-electron chi connectivity index (χ2n) is 3.87. The fourth-order valence-corrected chi connectivity index (χ4v) is 1.54. The van der Waals surface area contributed by atoms with Gasteiger partial charge in [0.25, 0.3) is 0 Å². The molecule has 2 aromatic rings. The third-order valence-electron chi connectivity index (χ3n) is 2.43. The zero-order chi connectivity index (χ0) is 13.5. The van der Waals surface area contributed by atoms with Crippen LogP contribution in [0.2, 0.25) is 0 Å². The molecule has 0 heterocycles. The van der Waals surface area contributed by atoms with Gasteiger partial charge in [-0.2, -0.15) is 0 Å². The van der Waals surface area contributed by atoms with Crippen molar-refractivity contribution in [1.29, 1.82) is 0 Å². The van der Waals surface area contributed by atoms with Crippen LogP contribution >= 0.6 is 0 Å². The van der Waals surface area contributed by atoms with E-state index in [-0.39, 0.29) is 25.2 Å². The van der Waals surface area contributed by atoms with Gasteiger partial charge in [0.2, 0.25) is 0 Å². The third-order valence-corrected chi connectivity index (χ3v) is 2.43. The number of carbonyl (C=O) groups excluding carboxylic acids is 1. The summed E-state index contributed by atoms with van der Waals surface area (Å²) in [5.74, 6) is 1.04. The van der Waals surface area contributed by atoms with Crippen LogP contribution in [0.25, 0.3) is 0 Å². The van der Waals surface area contributed by atoms with Crippen LogP contribution in [0.4, 0.5) is 0 Å². The molecule has 0 aliphatic carbocycles. The van der Waals surface area contributed by atoms with Crippen LogP contribution in [-0.4, -0.2) is 5.97 Å². The molecule has 20 heavy (non-hydrogen) atoms. The van der Waals surface area contributed by atoms with Gasteiger partial charge in [-0.1, -0.05) is 36.9 Å². The molecule has 0 unspecified atom stereocenters. The predicted molar refractivity (Wildman–Crippen MR) is 73.0 cm³/mol. The molecule has 0 aliphatic heterocycles. The molecular weight excluding hydrogens is 291 g/mol. The van der Waals surface area contributed by atoms with Crippen molar-refractivity contribution in [1.82, 2.24) is 0 Å². The molecule has 0 spiro atoms. The van der Waals surface area contributed by atoms with Gasteiger partial charge < -0.3 is 9.47 Å². The number of ether oxygens (including phenoxy) is 2. The number of hydrogen-bond acceptors (Lipinski definition) is 3. The summed E-state index contributed by atoms with van der Waals surface area (Å²) >= 11 is 0. The number of carbonyl (C=O) groups is 1. The van der Waals surface area contributed by atoms with Crippen LogP contribution in [0.3, 0.4) is 0 Å². The maximum absolute atomic E-state index is 11.0. The molecular formula is C16H14O3V. The minimum atomic E-state index is -0.436. The molecule has 4 heteroatoms. The van der Waals surface area contributed by atoms with Crippen molar-refractivity contribution in [2.75, 3.05) is 0 Å². The first-order valence-electron chi connectivity index (χ1n) is 5.89. The van der Waals surface area contributed by atoms with E-state index in [1.165, 1.54) is 0 Å². The quantitative estimate of drug-likeness (QED) is 0.624. The predicted octanol–water partition coefficient (Wildman–Crippen LogP) is 3.71. The van der Waals surface area contributed by atoms with Crippen LogP contribution in [0.1, 0.15) is 5.56 Å². The summed E-state index contributed by atoms with van der Waals surface area (Å²) in [5, 5.41) is 0. The van der Waals surface area contributed by atoms with Gasteiger partial charge in [0, 0.05) is 24.6 Å². The molecule has 0 saturated carbocycles. The Labute approximate surface area is 130 Å². The third kappa shape index (κ3) is 4.96. The molecule has 0 bridgehead atoms. The van der Waals surface area contributed by atoms with Crippen LogP contribution in [0, 0.1) is 0 Å². The Hall–Kier alpha value is -1.97. The van der Waals surface area contributed by atoms with Crippen molar-refractivity contribution in [3.05, 3.63) is 72.8 Å². The van der Waals surface area contributed by atoms with Crippen molar-refractivity contribution in [2.45, 2.75) is 6.61 Å². The van der Waals surface area contributed by atoms with Crippen molar-refractivity contribution in [2.24, 2.45) is 0 Å². The van der Waals surface area contributed by atoms with Gasteiger partial charge in [-0.15, -0.1) is 0 Å². The summed E-state index contributed by atoms with van der Waals surface area (Å²) < 4.78 is 10.7. The maximum atomic E-state index is 11.0.